The van der Waals surface area contributed by atoms with E-state index in [0.717, 1.165) is 10.5 Å². The zero-order chi connectivity index (χ0) is 19.8. The van der Waals surface area contributed by atoms with Crippen LogP contribution in [0.15, 0.2) is 53.4 Å². The summed E-state index contributed by atoms with van der Waals surface area (Å²) in [7, 11) is 3.78. The van der Waals surface area contributed by atoms with Crippen LogP contribution in [0.5, 0.6) is 0 Å². The Morgan fingerprint density at radius 1 is 1.15 bits per heavy atom. The van der Waals surface area contributed by atoms with Crippen LogP contribution in [0.4, 0.5) is 14.9 Å². The minimum absolute atomic E-state index is 0.101. The molecule has 0 saturated heterocycles. The van der Waals surface area contributed by atoms with Crippen LogP contribution in [0, 0.1) is 5.82 Å². The molecule has 1 atom stereocenters. The normalized spacial score (nSPS) is 11.9. The Hall–Kier alpha value is -2.58. The summed E-state index contributed by atoms with van der Waals surface area (Å²) in [6.07, 6.45) is 0. The molecular weight excluding hydrogens is 367 g/mol. The molecule has 0 spiro atoms. The highest BCUT2D eigenvalue weighted by Gasteiger charge is 2.16. The first-order valence-corrected chi connectivity index (χ1v) is 9.32. The first-order chi connectivity index (χ1) is 12.9. The molecule has 0 aliphatic carbocycles. The number of carbonyl (C=O) groups is 2. The molecule has 6 nitrogen and oxygen atoms in total. The number of nitrogens with zero attached hydrogens (tertiary/aromatic N) is 1. The second-order valence-corrected chi connectivity index (χ2v) is 7.13. The number of benzene rings is 2. The molecule has 0 saturated carbocycles. The van der Waals surface area contributed by atoms with Crippen LogP contribution in [-0.4, -0.2) is 43.2 Å². The molecule has 0 radical (unpaired) electrons. The zero-order valence-electron chi connectivity index (χ0n) is 15.2. The van der Waals surface area contributed by atoms with Crippen molar-refractivity contribution in [3.8, 4) is 0 Å². The monoisotopic (exact) mass is 390 g/mol. The second-order valence-electron chi connectivity index (χ2n) is 6.12. The van der Waals surface area contributed by atoms with Crippen LogP contribution >= 0.6 is 11.8 Å². The predicted molar refractivity (Wildman–Crippen MR) is 106 cm³/mol. The minimum Gasteiger partial charge on any atom is -0.369 e. The van der Waals surface area contributed by atoms with Crippen molar-refractivity contribution < 1.29 is 14.0 Å². The quantitative estimate of drug-likeness (QED) is 0.605. The lowest BCUT2D eigenvalue weighted by Gasteiger charge is -2.25. The molecule has 2 rings (SSSR count). The summed E-state index contributed by atoms with van der Waals surface area (Å²) in [5.41, 5.74) is 6.68. The predicted octanol–water partition coefficient (Wildman–Crippen LogP) is 2.83. The summed E-state index contributed by atoms with van der Waals surface area (Å²) in [6.45, 7) is 0.348. The number of nitrogens with one attached hydrogen (secondary N) is 2. The highest BCUT2D eigenvalue weighted by molar-refractivity contribution is 8.00. The molecule has 0 aliphatic heterocycles. The number of carbonyl (C=O) groups excluding carboxylic acids is 2. The molecule has 3 amide bonds. The molecule has 144 valence electrons. The number of nitrogens with two attached hydrogens (primary N) is 1. The van der Waals surface area contributed by atoms with Crippen molar-refractivity contribution in [2.24, 2.45) is 5.73 Å². The number of anilines is 1. The van der Waals surface area contributed by atoms with E-state index in [9.17, 15) is 14.0 Å². The van der Waals surface area contributed by atoms with Crippen LogP contribution in [0.25, 0.3) is 0 Å². The maximum Gasteiger partial charge on any atom is 0.319 e. The van der Waals surface area contributed by atoms with Gasteiger partial charge in [-0.1, -0.05) is 24.3 Å². The molecular formula is C19H23FN4O2S. The van der Waals surface area contributed by atoms with Gasteiger partial charge in [-0.25, -0.2) is 9.18 Å². The van der Waals surface area contributed by atoms with Gasteiger partial charge >= 0.3 is 6.03 Å². The average Bonchev–Trinajstić information content (AvgIpc) is 2.62. The van der Waals surface area contributed by atoms with Gasteiger partial charge in [0.15, 0.2) is 0 Å². The van der Waals surface area contributed by atoms with Crippen molar-refractivity contribution in [3.05, 3.63) is 59.9 Å². The maximum atomic E-state index is 13.1. The van der Waals surface area contributed by atoms with Gasteiger partial charge in [-0.2, -0.15) is 0 Å². The SMILES string of the molecule is CN(C)C(CNC(=O)Nc1ccccc1SCC(N)=O)c1ccc(F)cc1. The van der Waals surface area contributed by atoms with Crippen LogP contribution in [0.2, 0.25) is 0 Å². The third-order valence-electron chi connectivity index (χ3n) is 3.84. The number of thioether (sulfide) groups is 1. The standard InChI is InChI=1S/C19H23FN4O2S/c1-24(2)16(13-7-9-14(20)10-8-13)11-22-19(26)23-15-5-3-4-6-17(15)27-12-18(21)25/h3-10,16H,11-12H2,1-2H3,(H2,21,25)(H2,22,23,26). The third kappa shape index (κ3) is 6.58. The van der Waals surface area contributed by atoms with Crippen LogP contribution in [0.3, 0.4) is 0 Å². The number of halogens is 1. The lowest BCUT2D eigenvalue weighted by molar-refractivity contribution is -0.115. The van der Waals surface area contributed by atoms with Crippen molar-refractivity contribution >= 4 is 29.4 Å². The van der Waals surface area contributed by atoms with E-state index in [-0.39, 0.29) is 23.6 Å². The number of rotatable bonds is 8. The van der Waals surface area contributed by atoms with E-state index >= 15 is 0 Å². The lowest BCUT2D eigenvalue weighted by Crippen LogP contribution is -2.37. The molecule has 2 aromatic carbocycles. The Bertz CT molecular complexity index is 784. The Kier molecular flexibility index (Phi) is 7.63. The molecule has 0 fully saturated rings. The first-order valence-electron chi connectivity index (χ1n) is 8.33. The summed E-state index contributed by atoms with van der Waals surface area (Å²) in [6, 6.07) is 12.9. The topological polar surface area (TPSA) is 87.5 Å². The number of amides is 3. The van der Waals surface area contributed by atoms with Crippen molar-refractivity contribution in [2.75, 3.05) is 31.7 Å². The fourth-order valence-electron chi connectivity index (χ4n) is 2.48. The molecule has 0 heterocycles. The summed E-state index contributed by atoms with van der Waals surface area (Å²) in [4.78, 5) is 26.0. The van der Waals surface area contributed by atoms with E-state index in [0.29, 0.717) is 12.2 Å². The summed E-state index contributed by atoms with van der Waals surface area (Å²) >= 11 is 1.26. The van der Waals surface area contributed by atoms with Crippen molar-refractivity contribution in [1.82, 2.24) is 10.2 Å². The number of hydrogen-bond donors (Lipinski definition) is 3. The Labute approximate surface area is 162 Å². The van der Waals surface area contributed by atoms with Gasteiger partial charge in [0.05, 0.1) is 17.5 Å². The molecule has 27 heavy (non-hydrogen) atoms. The number of urea groups is 1. The van der Waals surface area contributed by atoms with Gasteiger partial charge in [-0.3, -0.25) is 4.79 Å². The lowest BCUT2D eigenvalue weighted by atomic mass is 10.1. The van der Waals surface area contributed by atoms with E-state index < -0.39 is 5.91 Å². The molecule has 4 N–H and O–H groups in total. The van der Waals surface area contributed by atoms with Gasteiger partial charge in [0.1, 0.15) is 5.82 Å². The molecule has 0 aliphatic rings. The van der Waals surface area contributed by atoms with Gasteiger partial charge in [0.25, 0.3) is 0 Å². The van der Waals surface area contributed by atoms with E-state index in [4.69, 9.17) is 5.73 Å². The van der Waals surface area contributed by atoms with Crippen molar-refractivity contribution in [3.63, 3.8) is 0 Å². The summed E-state index contributed by atoms with van der Waals surface area (Å²) in [5.74, 6) is -0.590. The largest absolute Gasteiger partial charge is 0.369 e. The Morgan fingerprint density at radius 2 is 1.81 bits per heavy atom. The Balaban J connectivity index is 1.98. The van der Waals surface area contributed by atoms with Gasteiger partial charge in [0.2, 0.25) is 5.91 Å². The fraction of sp³-hybridized carbons (Fsp3) is 0.263. The third-order valence-corrected chi connectivity index (χ3v) is 4.94. The first kappa shape index (κ1) is 20.7. The van der Waals surface area contributed by atoms with Gasteiger partial charge < -0.3 is 21.3 Å². The molecule has 1 unspecified atom stereocenters. The average molecular weight is 390 g/mol. The van der Waals surface area contributed by atoms with Crippen LogP contribution in [0.1, 0.15) is 11.6 Å². The fourth-order valence-corrected chi connectivity index (χ4v) is 3.23. The van der Waals surface area contributed by atoms with Crippen LogP contribution < -0.4 is 16.4 Å². The van der Waals surface area contributed by atoms with E-state index in [1.807, 2.05) is 31.1 Å². The van der Waals surface area contributed by atoms with Crippen molar-refractivity contribution in [2.45, 2.75) is 10.9 Å². The summed E-state index contributed by atoms with van der Waals surface area (Å²) in [5, 5.41) is 5.62. The Morgan fingerprint density at radius 3 is 2.44 bits per heavy atom. The number of primary amides is 1. The number of para-hydroxylation sites is 1. The molecule has 2 aromatic rings. The highest BCUT2D eigenvalue weighted by atomic mass is 32.2. The summed E-state index contributed by atoms with van der Waals surface area (Å²) < 4.78 is 13.1. The van der Waals surface area contributed by atoms with Gasteiger partial charge in [0, 0.05) is 11.4 Å². The van der Waals surface area contributed by atoms with Crippen LogP contribution in [-0.2, 0) is 4.79 Å². The highest BCUT2D eigenvalue weighted by Crippen LogP contribution is 2.26. The molecule has 0 bridgehead atoms. The molecule has 8 heteroatoms. The van der Waals surface area contributed by atoms with Gasteiger partial charge in [-0.15, -0.1) is 11.8 Å². The van der Waals surface area contributed by atoms with E-state index in [1.165, 1.54) is 23.9 Å². The van der Waals surface area contributed by atoms with E-state index in [1.54, 1.807) is 24.3 Å². The zero-order valence-corrected chi connectivity index (χ0v) is 16.1. The van der Waals surface area contributed by atoms with E-state index in [2.05, 4.69) is 10.6 Å². The second kappa shape index (κ2) is 9.94. The minimum atomic E-state index is -0.424. The van der Waals surface area contributed by atoms with Crippen molar-refractivity contribution in [1.29, 1.82) is 0 Å². The molecule has 0 aromatic heterocycles. The number of likely N-dealkylation sites (N-methyl/N-ethyl adjacent to an activating group) is 1. The smallest absolute Gasteiger partial charge is 0.319 e. The van der Waals surface area contributed by atoms with Gasteiger partial charge in [-0.05, 0) is 43.9 Å². The maximum absolute atomic E-state index is 13.1. The number of hydrogen-bond acceptors (Lipinski definition) is 4.